The monoisotopic (exact) mass is 292 g/mol. The second kappa shape index (κ2) is 6.88. The summed E-state index contributed by atoms with van der Waals surface area (Å²) in [4.78, 5) is 6.90. The molecule has 5 nitrogen and oxygen atoms in total. The molecule has 0 aromatic carbocycles. The predicted octanol–water partition coefficient (Wildman–Crippen LogP) is 2.16. The number of hydrogen-bond acceptors (Lipinski definition) is 5. The molecule has 2 unspecified atom stereocenters. The second-order valence-electron chi connectivity index (χ2n) is 6.74. The van der Waals surface area contributed by atoms with Crippen molar-refractivity contribution in [2.75, 3.05) is 19.6 Å². The van der Waals surface area contributed by atoms with Gasteiger partial charge in [-0.3, -0.25) is 4.90 Å². The third-order valence-electron chi connectivity index (χ3n) is 5.13. The van der Waals surface area contributed by atoms with E-state index in [1.165, 1.54) is 38.6 Å². The SMILES string of the molecule is Cc1noc(CCN2CC(C3CCCCC3)NCC2C)n1. The highest BCUT2D eigenvalue weighted by Gasteiger charge is 2.30. The molecule has 1 aromatic rings. The molecule has 118 valence electrons. The summed E-state index contributed by atoms with van der Waals surface area (Å²) >= 11 is 0. The zero-order valence-electron chi connectivity index (χ0n) is 13.3. The molecular formula is C16H28N4O. The Morgan fingerprint density at radius 3 is 2.81 bits per heavy atom. The van der Waals surface area contributed by atoms with Crippen molar-refractivity contribution >= 4 is 0 Å². The van der Waals surface area contributed by atoms with Crippen molar-refractivity contribution in [2.45, 2.75) is 64.5 Å². The van der Waals surface area contributed by atoms with Crippen LogP contribution in [0, 0.1) is 12.8 Å². The molecule has 21 heavy (non-hydrogen) atoms. The fraction of sp³-hybridized carbons (Fsp3) is 0.875. The van der Waals surface area contributed by atoms with Gasteiger partial charge in [0.25, 0.3) is 0 Å². The third kappa shape index (κ3) is 3.83. The van der Waals surface area contributed by atoms with Gasteiger partial charge in [0, 0.05) is 38.1 Å². The lowest BCUT2D eigenvalue weighted by molar-refractivity contribution is 0.103. The maximum absolute atomic E-state index is 5.23. The summed E-state index contributed by atoms with van der Waals surface area (Å²) in [7, 11) is 0. The number of nitrogens with one attached hydrogen (secondary N) is 1. The minimum absolute atomic E-state index is 0.592. The first kappa shape index (κ1) is 15.0. The standard InChI is InChI=1S/C16H28N4O/c1-12-10-17-15(14-6-4-3-5-7-14)11-20(12)9-8-16-18-13(2)19-21-16/h12,14-15,17H,3-11H2,1-2H3. The molecule has 1 N–H and O–H groups in total. The molecule has 5 heteroatoms. The molecule has 1 aliphatic carbocycles. The van der Waals surface area contributed by atoms with Crippen LogP contribution in [0.2, 0.25) is 0 Å². The van der Waals surface area contributed by atoms with Gasteiger partial charge in [0.15, 0.2) is 5.82 Å². The van der Waals surface area contributed by atoms with E-state index in [0.29, 0.717) is 12.1 Å². The minimum Gasteiger partial charge on any atom is -0.339 e. The number of hydrogen-bond donors (Lipinski definition) is 1. The van der Waals surface area contributed by atoms with Gasteiger partial charge in [-0.1, -0.05) is 24.4 Å². The van der Waals surface area contributed by atoms with E-state index in [9.17, 15) is 0 Å². The van der Waals surface area contributed by atoms with Crippen molar-refractivity contribution in [1.82, 2.24) is 20.4 Å². The summed E-state index contributed by atoms with van der Waals surface area (Å²) in [5, 5.41) is 7.65. The van der Waals surface area contributed by atoms with Crippen molar-refractivity contribution in [3.63, 3.8) is 0 Å². The Morgan fingerprint density at radius 2 is 2.10 bits per heavy atom. The summed E-state index contributed by atoms with van der Waals surface area (Å²) in [5.74, 6) is 2.38. The lowest BCUT2D eigenvalue weighted by Gasteiger charge is -2.42. The van der Waals surface area contributed by atoms with E-state index < -0.39 is 0 Å². The average molecular weight is 292 g/mol. The maximum Gasteiger partial charge on any atom is 0.227 e. The van der Waals surface area contributed by atoms with E-state index >= 15 is 0 Å². The predicted molar refractivity (Wildman–Crippen MR) is 82.1 cm³/mol. The highest BCUT2D eigenvalue weighted by atomic mass is 16.5. The topological polar surface area (TPSA) is 54.2 Å². The molecule has 1 saturated heterocycles. The first-order valence-corrected chi connectivity index (χ1v) is 8.49. The molecule has 3 rings (SSSR count). The summed E-state index contributed by atoms with van der Waals surface area (Å²) in [6, 6.07) is 1.26. The molecule has 2 atom stereocenters. The quantitative estimate of drug-likeness (QED) is 0.921. The first-order valence-electron chi connectivity index (χ1n) is 8.49. The second-order valence-corrected chi connectivity index (χ2v) is 6.74. The molecule has 1 saturated carbocycles. The zero-order chi connectivity index (χ0) is 14.7. The van der Waals surface area contributed by atoms with Gasteiger partial charge in [0.05, 0.1) is 0 Å². The van der Waals surface area contributed by atoms with Crippen LogP contribution in [0.4, 0.5) is 0 Å². The van der Waals surface area contributed by atoms with Crippen molar-refractivity contribution < 1.29 is 4.52 Å². The maximum atomic E-state index is 5.23. The van der Waals surface area contributed by atoms with Gasteiger partial charge in [-0.25, -0.2) is 0 Å². The Bertz CT molecular complexity index is 441. The van der Waals surface area contributed by atoms with Gasteiger partial charge in [-0.2, -0.15) is 4.98 Å². The average Bonchev–Trinajstić information content (AvgIpc) is 2.93. The minimum atomic E-state index is 0.592. The van der Waals surface area contributed by atoms with Gasteiger partial charge < -0.3 is 9.84 Å². The van der Waals surface area contributed by atoms with Crippen LogP contribution in [-0.2, 0) is 6.42 Å². The molecule has 1 aromatic heterocycles. The summed E-state index contributed by atoms with van der Waals surface area (Å²) in [6.07, 6.45) is 7.94. The molecule has 0 radical (unpaired) electrons. The van der Waals surface area contributed by atoms with Gasteiger partial charge in [-0.15, -0.1) is 0 Å². The molecule has 2 aliphatic rings. The lowest BCUT2D eigenvalue weighted by atomic mass is 9.82. The largest absolute Gasteiger partial charge is 0.339 e. The van der Waals surface area contributed by atoms with Gasteiger partial charge in [-0.05, 0) is 32.6 Å². The Morgan fingerprint density at radius 1 is 1.29 bits per heavy atom. The number of piperazine rings is 1. The first-order chi connectivity index (χ1) is 10.2. The number of aromatic nitrogens is 2. The van der Waals surface area contributed by atoms with Crippen LogP contribution in [0.15, 0.2) is 4.52 Å². The molecule has 2 heterocycles. The van der Waals surface area contributed by atoms with E-state index in [1.807, 2.05) is 6.92 Å². The lowest BCUT2D eigenvalue weighted by Crippen LogP contribution is -2.58. The van der Waals surface area contributed by atoms with Crippen LogP contribution in [0.1, 0.15) is 50.7 Å². The third-order valence-corrected chi connectivity index (χ3v) is 5.13. The van der Waals surface area contributed by atoms with Gasteiger partial charge >= 0.3 is 0 Å². The van der Waals surface area contributed by atoms with E-state index in [-0.39, 0.29) is 0 Å². The molecule has 0 amide bonds. The normalized spacial score (nSPS) is 28.9. The summed E-state index contributed by atoms with van der Waals surface area (Å²) in [5.41, 5.74) is 0. The van der Waals surface area contributed by atoms with E-state index in [2.05, 4.69) is 27.3 Å². The number of rotatable bonds is 4. The van der Waals surface area contributed by atoms with E-state index in [0.717, 1.165) is 37.1 Å². The van der Waals surface area contributed by atoms with Crippen LogP contribution >= 0.6 is 0 Å². The number of aryl methyl sites for hydroxylation is 1. The van der Waals surface area contributed by atoms with Gasteiger partial charge in [0.1, 0.15) is 0 Å². The highest BCUT2D eigenvalue weighted by molar-refractivity contribution is 4.91. The Labute approximate surface area is 127 Å². The number of nitrogens with zero attached hydrogens (tertiary/aromatic N) is 3. The molecule has 1 aliphatic heterocycles. The van der Waals surface area contributed by atoms with E-state index in [4.69, 9.17) is 4.52 Å². The van der Waals surface area contributed by atoms with Crippen molar-refractivity contribution in [3.8, 4) is 0 Å². The summed E-state index contributed by atoms with van der Waals surface area (Å²) in [6.45, 7) is 7.47. The fourth-order valence-corrected chi connectivity index (χ4v) is 3.79. The molecule has 2 fully saturated rings. The Balaban J connectivity index is 1.53. The van der Waals surface area contributed by atoms with Crippen molar-refractivity contribution in [3.05, 3.63) is 11.7 Å². The molecule has 0 spiro atoms. The molecule has 0 bridgehead atoms. The van der Waals surface area contributed by atoms with Crippen LogP contribution < -0.4 is 5.32 Å². The highest BCUT2D eigenvalue weighted by Crippen LogP contribution is 2.28. The van der Waals surface area contributed by atoms with Crippen LogP contribution in [-0.4, -0.2) is 46.8 Å². The smallest absolute Gasteiger partial charge is 0.227 e. The Kier molecular flexibility index (Phi) is 4.91. The fourth-order valence-electron chi connectivity index (χ4n) is 3.79. The Hall–Kier alpha value is -0.940. The van der Waals surface area contributed by atoms with Crippen molar-refractivity contribution in [1.29, 1.82) is 0 Å². The summed E-state index contributed by atoms with van der Waals surface area (Å²) < 4.78 is 5.23. The van der Waals surface area contributed by atoms with Crippen molar-refractivity contribution in [2.24, 2.45) is 5.92 Å². The van der Waals surface area contributed by atoms with E-state index in [1.54, 1.807) is 0 Å². The zero-order valence-corrected chi connectivity index (χ0v) is 13.3. The van der Waals surface area contributed by atoms with Gasteiger partial charge in [0.2, 0.25) is 5.89 Å². The molecular weight excluding hydrogens is 264 g/mol. The van der Waals surface area contributed by atoms with Crippen LogP contribution in [0.5, 0.6) is 0 Å². The van der Waals surface area contributed by atoms with Crippen LogP contribution in [0.25, 0.3) is 0 Å². The van der Waals surface area contributed by atoms with Crippen LogP contribution in [0.3, 0.4) is 0 Å².